The van der Waals surface area contributed by atoms with Gasteiger partial charge in [0, 0.05) is 1.37 Å². The third-order valence-corrected chi connectivity index (χ3v) is 3.35. The molecule has 98 valence electrons. The van der Waals surface area contributed by atoms with E-state index in [1.165, 1.54) is 77.0 Å². The molecule has 16 heavy (non-hydrogen) atoms. The van der Waals surface area contributed by atoms with Gasteiger partial charge in [0.05, 0.1) is 0 Å². The van der Waals surface area contributed by atoms with E-state index in [0.29, 0.717) is 0 Å². The summed E-state index contributed by atoms with van der Waals surface area (Å²) in [5.74, 6) is 0. The summed E-state index contributed by atoms with van der Waals surface area (Å²) in [7, 11) is 0. The quantitative estimate of drug-likeness (QED) is 0.316. The molecule has 0 bridgehead atoms. The Hall–Kier alpha value is 0. The van der Waals surface area contributed by atoms with Gasteiger partial charge in [-0.15, -0.1) is 0 Å². The van der Waals surface area contributed by atoms with E-state index in [0.717, 1.165) is 6.42 Å². The summed E-state index contributed by atoms with van der Waals surface area (Å²) < 4.78 is 7.42. The molecule has 0 saturated heterocycles. The van der Waals surface area contributed by atoms with Crippen molar-refractivity contribution < 1.29 is 1.37 Å². The average molecular weight is 227 g/mol. The van der Waals surface area contributed by atoms with Gasteiger partial charge in [0.15, 0.2) is 0 Å². The van der Waals surface area contributed by atoms with E-state index in [-0.39, 0.29) is 6.40 Å². The van der Waals surface area contributed by atoms with Crippen LogP contribution in [0.3, 0.4) is 0 Å². The van der Waals surface area contributed by atoms with Gasteiger partial charge in [0.2, 0.25) is 0 Å². The van der Waals surface area contributed by atoms with Crippen molar-refractivity contribution in [2.75, 3.05) is 0 Å². The van der Waals surface area contributed by atoms with Crippen LogP contribution in [-0.2, 0) is 0 Å². The van der Waals surface area contributed by atoms with E-state index in [2.05, 4.69) is 6.92 Å². The maximum absolute atomic E-state index is 7.42. The Bertz CT molecular complexity index is 131. The van der Waals surface area contributed by atoms with Gasteiger partial charge < -0.3 is 0 Å². The fraction of sp³-hybridized carbons (Fsp3) is 1.00. The normalized spacial score (nSPS) is 13.8. The molecule has 0 amide bonds. The highest BCUT2D eigenvalue weighted by molar-refractivity contribution is 4.48. The predicted molar refractivity (Wildman–Crippen MR) is 76.0 cm³/mol. The lowest BCUT2D eigenvalue weighted by Gasteiger charge is -2.02. The molecule has 0 aromatic heterocycles. The summed E-state index contributed by atoms with van der Waals surface area (Å²) in [6.07, 6.45) is 18.1. The summed E-state index contributed by atoms with van der Waals surface area (Å²) >= 11 is 0. The van der Waals surface area contributed by atoms with Crippen molar-refractivity contribution in [3.63, 3.8) is 0 Å². The van der Waals surface area contributed by atoms with Crippen molar-refractivity contribution in [2.24, 2.45) is 0 Å². The van der Waals surface area contributed by atoms with Crippen molar-refractivity contribution in [1.29, 1.82) is 0 Å². The molecule has 0 aliphatic rings. The molecule has 0 fully saturated rings. The van der Waals surface area contributed by atoms with Gasteiger partial charge in [-0.1, -0.05) is 104 Å². The lowest BCUT2D eigenvalue weighted by Crippen LogP contribution is -1.82. The summed E-state index contributed by atoms with van der Waals surface area (Å²) in [5, 5.41) is 0. The first kappa shape index (κ1) is 14.1. The molecule has 0 N–H and O–H groups in total. The zero-order valence-electron chi connectivity index (χ0n) is 12.8. The van der Waals surface area contributed by atoms with Crippen molar-refractivity contribution in [1.82, 2.24) is 0 Å². The second kappa shape index (κ2) is 15.0. The molecular weight excluding hydrogens is 192 g/mol. The molecule has 0 spiro atoms. The van der Waals surface area contributed by atoms with E-state index < -0.39 is 0 Å². The Morgan fingerprint density at radius 2 is 0.812 bits per heavy atom. The molecular formula is C16H34. The minimum absolute atomic E-state index is 0.151. The maximum Gasteiger partial charge on any atom is 0.0264 e. The van der Waals surface area contributed by atoms with Gasteiger partial charge in [-0.3, -0.25) is 0 Å². The minimum atomic E-state index is 0.151. The van der Waals surface area contributed by atoms with Gasteiger partial charge in [-0.25, -0.2) is 0 Å². The van der Waals surface area contributed by atoms with E-state index in [1.54, 1.807) is 0 Å². The maximum atomic E-state index is 7.42. The number of hydrogen-bond donors (Lipinski definition) is 0. The highest BCUT2D eigenvalue weighted by atomic mass is 14.0. The molecule has 1 unspecified atom stereocenters. The van der Waals surface area contributed by atoms with Gasteiger partial charge >= 0.3 is 0 Å². The third-order valence-electron chi connectivity index (χ3n) is 3.35. The van der Waals surface area contributed by atoms with E-state index >= 15 is 0 Å². The van der Waals surface area contributed by atoms with E-state index in [9.17, 15) is 0 Å². The summed E-state index contributed by atoms with van der Waals surface area (Å²) in [6, 6.07) is 0. The smallest absolute Gasteiger partial charge is 0.0264 e. The highest BCUT2D eigenvalue weighted by Gasteiger charge is 1.92. The van der Waals surface area contributed by atoms with Crippen LogP contribution in [0.5, 0.6) is 0 Å². The second-order valence-electron chi connectivity index (χ2n) is 5.09. The lowest BCUT2D eigenvalue weighted by molar-refractivity contribution is 0.538. The van der Waals surface area contributed by atoms with Crippen LogP contribution in [0.15, 0.2) is 0 Å². The Kier molecular flexibility index (Phi) is 13.2. The second-order valence-corrected chi connectivity index (χ2v) is 5.09. The SMILES string of the molecule is [2H]C(C)CCCCCCCCCCCCCC. The Morgan fingerprint density at radius 3 is 1.12 bits per heavy atom. The summed E-state index contributed by atoms with van der Waals surface area (Å²) in [5.41, 5.74) is 0. The first-order valence-electron chi connectivity index (χ1n) is 8.27. The lowest BCUT2D eigenvalue weighted by atomic mass is 10.0. The van der Waals surface area contributed by atoms with Crippen molar-refractivity contribution in [3.05, 3.63) is 0 Å². The predicted octanol–water partition coefficient (Wildman–Crippen LogP) is 6.49. The molecule has 1 atom stereocenters. The standard InChI is InChI=1S/C16H34/c1-3-5-7-9-11-13-15-16-14-12-10-8-6-4-2/h3-16H2,1-2H3/i3D. The topological polar surface area (TPSA) is 0 Å². The fourth-order valence-corrected chi connectivity index (χ4v) is 2.19. The van der Waals surface area contributed by atoms with E-state index in [1.807, 2.05) is 6.92 Å². The van der Waals surface area contributed by atoms with Crippen LogP contribution in [0.2, 0.25) is 0 Å². The van der Waals surface area contributed by atoms with Crippen molar-refractivity contribution in [2.45, 2.75) is 104 Å². The average Bonchev–Trinajstić information content (AvgIpc) is 2.30. The fourth-order valence-electron chi connectivity index (χ4n) is 2.19. The molecule has 0 aromatic carbocycles. The van der Waals surface area contributed by atoms with Crippen LogP contribution in [0, 0.1) is 0 Å². The van der Waals surface area contributed by atoms with Crippen LogP contribution in [0.25, 0.3) is 0 Å². The van der Waals surface area contributed by atoms with Crippen molar-refractivity contribution in [3.8, 4) is 0 Å². The zero-order valence-corrected chi connectivity index (χ0v) is 11.8. The number of unbranched alkanes of at least 4 members (excludes halogenated alkanes) is 11. The van der Waals surface area contributed by atoms with Gasteiger partial charge in [0.25, 0.3) is 0 Å². The molecule has 0 aliphatic carbocycles. The van der Waals surface area contributed by atoms with Crippen LogP contribution >= 0.6 is 0 Å². The molecule has 0 heterocycles. The van der Waals surface area contributed by atoms with Crippen LogP contribution in [0.1, 0.15) is 105 Å². The van der Waals surface area contributed by atoms with Crippen LogP contribution in [0.4, 0.5) is 0 Å². The van der Waals surface area contributed by atoms with Crippen LogP contribution < -0.4 is 0 Å². The largest absolute Gasteiger partial charge is 0.0654 e. The summed E-state index contributed by atoms with van der Waals surface area (Å²) in [4.78, 5) is 0. The monoisotopic (exact) mass is 227 g/mol. The Balaban J connectivity index is 2.89. The molecule has 0 radical (unpaired) electrons. The number of rotatable bonds is 13. The molecule has 0 rings (SSSR count). The molecule has 0 saturated carbocycles. The first-order chi connectivity index (χ1) is 8.27. The molecule has 0 aliphatic heterocycles. The van der Waals surface area contributed by atoms with Gasteiger partial charge in [-0.2, -0.15) is 0 Å². The Morgan fingerprint density at radius 1 is 0.500 bits per heavy atom. The van der Waals surface area contributed by atoms with Crippen molar-refractivity contribution >= 4 is 0 Å². The molecule has 0 nitrogen and oxygen atoms in total. The molecule has 0 heteroatoms. The van der Waals surface area contributed by atoms with Gasteiger partial charge in [-0.05, 0) is 0 Å². The zero-order chi connectivity index (χ0) is 12.8. The highest BCUT2D eigenvalue weighted by Crippen LogP contribution is 2.12. The van der Waals surface area contributed by atoms with Gasteiger partial charge in [0.1, 0.15) is 0 Å². The third kappa shape index (κ3) is 14.0. The number of hydrogen-bond acceptors (Lipinski definition) is 0. The summed E-state index contributed by atoms with van der Waals surface area (Å²) in [6.45, 7) is 4.28. The first-order valence-corrected chi connectivity index (χ1v) is 7.69. The Labute approximate surface area is 106 Å². The molecule has 0 aromatic rings. The van der Waals surface area contributed by atoms with Crippen LogP contribution in [-0.4, -0.2) is 0 Å². The van der Waals surface area contributed by atoms with E-state index in [4.69, 9.17) is 1.37 Å². The minimum Gasteiger partial charge on any atom is -0.0654 e.